The Kier molecular flexibility index (Phi) is 6.72. The summed E-state index contributed by atoms with van der Waals surface area (Å²) in [7, 11) is -3.32. The molecule has 1 N–H and O–H groups in total. The highest BCUT2D eigenvalue weighted by molar-refractivity contribution is 7.93. The van der Waals surface area contributed by atoms with Gasteiger partial charge < -0.3 is 10.2 Å². The number of nitrogens with one attached hydrogen (secondary N) is 1. The molecule has 160 valence electrons. The van der Waals surface area contributed by atoms with Gasteiger partial charge in [0, 0.05) is 29.3 Å². The third kappa shape index (κ3) is 5.34. The maximum atomic E-state index is 14.6. The van der Waals surface area contributed by atoms with Crippen LogP contribution in [0.5, 0.6) is 0 Å². The number of nitrogens with zero attached hydrogens (tertiary/aromatic N) is 3. The minimum atomic E-state index is -3.32. The maximum Gasteiger partial charge on any atom is 0.275 e. The summed E-state index contributed by atoms with van der Waals surface area (Å²) in [6.45, 7) is 2.24. The van der Waals surface area contributed by atoms with E-state index in [2.05, 4.69) is 15.3 Å². The lowest BCUT2D eigenvalue weighted by Crippen LogP contribution is -2.33. The fourth-order valence-corrected chi connectivity index (χ4v) is 4.12. The van der Waals surface area contributed by atoms with Gasteiger partial charge in [0.15, 0.2) is 21.3 Å². The van der Waals surface area contributed by atoms with Gasteiger partial charge in [0.1, 0.15) is 0 Å². The van der Waals surface area contributed by atoms with Gasteiger partial charge in [-0.2, -0.15) is 9.37 Å². The monoisotopic (exact) mass is 452 g/mol. The van der Waals surface area contributed by atoms with Crippen molar-refractivity contribution >= 4 is 33.2 Å². The molecule has 2 aromatic rings. The fourth-order valence-electron chi connectivity index (χ4n) is 3.34. The molecular formula is C20H22ClFN4O3S. The largest absolute Gasteiger partial charge is 0.348 e. The summed E-state index contributed by atoms with van der Waals surface area (Å²) in [6.07, 6.45) is 5.44. The molecule has 2 heterocycles. The Morgan fingerprint density at radius 3 is 2.80 bits per heavy atom. The molecular weight excluding hydrogens is 431 g/mol. The number of sulfone groups is 1. The quantitative estimate of drug-likeness (QED) is 0.723. The van der Waals surface area contributed by atoms with E-state index in [1.54, 1.807) is 6.92 Å². The molecule has 0 spiro atoms. The standard InChI is InChI=1S/C20H22ClFN4O3S/c1-13(9-11-30(2,28)29)24-20(27)18-19(22)25-17(12-23-18)26-10-5-8-16(26)14-6-3-4-7-15(14)21/h3-4,6-7,9,11-13,16H,5,8,10H2,1-2H3,(H,24,27)/b11-9+/t13-,16-/m1/s1. The predicted molar refractivity (Wildman–Crippen MR) is 114 cm³/mol. The van der Waals surface area contributed by atoms with Crippen molar-refractivity contribution in [3.63, 3.8) is 0 Å². The summed E-state index contributed by atoms with van der Waals surface area (Å²) in [5.74, 6) is -1.44. The zero-order valence-corrected chi connectivity index (χ0v) is 18.1. The van der Waals surface area contributed by atoms with E-state index in [0.717, 1.165) is 30.1 Å². The number of hydrogen-bond acceptors (Lipinski definition) is 6. The van der Waals surface area contributed by atoms with E-state index in [9.17, 15) is 17.6 Å². The molecule has 7 nitrogen and oxygen atoms in total. The number of anilines is 1. The summed E-state index contributed by atoms with van der Waals surface area (Å²) in [5.41, 5.74) is 0.485. The summed E-state index contributed by atoms with van der Waals surface area (Å²) < 4.78 is 36.9. The molecule has 0 radical (unpaired) electrons. The van der Waals surface area contributed by atoms with E-state index in [0.29, 0.717) is 17.4 Å². The molecule has 2 atom stereocenters. The van der Waals surface area contributed by atoms with Crippen molar-refractivity contribution in [2.75, 3.05) is 17.7 Å². The van der Waals surface area contributed by atoms with E-state index >= 15 is 0 Å². The van der Waals surface area contributed by atoms with Gasteiger partial charge in [0.05, 0.1) is 12.2 Å². The predicted octanol–water partition coefficient (Wildman–Crippen LogP) is 3.29. The fraction of sp³-hybridized carbons (Fsp3) is 0.350. The van der Waals surface area contributed by atoms with Crippen molar-refractivity contribution < 1.29 is 17.6 Å². The molecule has 1 aromatic carbocycles. The second-order valence-corrected chi connectivity index (χ2v) is 9.50. The van der Waals surface area contributed by atoms with Gasteiger partial charge in [-0.3, -0.25) is 4.79 Å². The van der Waals surface area contributed by atoms with E-state index in [4.69, 9.17) is 11.6 Å². The molecule has 10 heteroatoms. The number of benzene rings is 1. The Bertz CT molecular complexity index is 1080. The van der Waals surface area contributed by atoms with Gasteiger partial charge in [-0.1, -0.05) is 35.9 Å². The Morgan fingerprint density at radius 2 is 2.13 bits per heavy atom. The minimum Gasteiger partial charge on any atom is -0.348 e. The third-order valence-electron chi connectivity index (χ3n) is 4.72. The number of amides is 1. The Labute approximate surface area is 179 Å². The van der Waals surface area contributed by atoms with Crippen molar-refractivity contribution in [3.05, 3.63) is 64.2 Å². The van der Waals surface area contributed by atoms with Gasteiger partial charge in [0.2, 0.25) is 5.95 Å². The van der Waals surface area contributed by atoms with Gasteiger partial charge in [-0.25, -0.2) is 13.4 Å². The first-order valence-corrected chi connectivity index (χ1v) is 11.7. The average molecular weight is 453 g/mol. The maximum absolute atomic E-state index is 14.6. The number of carbonyl (C=O) groups is 1. The topological polar surface area (TPSA) is 92.3 Å². The van der Waals surface area contributed by atoms with Crippen LogP contribution in [0.1, 0.15) is 41.9 Å². The van der Waals surface area contributed by atoms with Crippen molar-refractivity contribution in [2.24, 2.45) is 0 Å². The SMILES string of the molecule is C[C@H](/C=C/S(C)(=O)=O)NC(=O)c1ncc(N2CCC[C@@H]2c2ccccc2Cl)nc1F. The summed E-state index contributed by atoms with van der Waals surface area (Å²) in [6, 6.07) is 6.82. The average Bonchev–Trinajstić information content (AvgIpc) is 3.15. The molecule has 1 aliphatic rings. The zero-order valence-electron chi connectivity index (χ0n) is 16.5. The highest BCUT2D eigenvalue weighted by atomic mass is 35.5. The van der Waals surface area contributed by atoms with Crippen LogP contribution >= 0.6 is 11.6 Å². The number of rotatable bonds is 6. The van der Waals surface area contributed by atoms with Crippen LogP contribution in [-0.4, -0.2) is 43.1 Å². The number of halogens is 2. The first-order chi connectivity index (χ1) is 14.2. The Morgan fingerprint density at radius 1 is 1.40 bits per heavy atom. The van der Waals surface area contributed by atoms with Gasteiger partial charge in [-0.05, 0) is 31.4 Å². The van der Waals surface area contributed by atoms with E-state index in [-0.39, 0.29) is 6.04 Å². The van der Waals surface area contributed by atoms with Crippen LogP contribution in [0.2, 0.25) is 5.02 Å². The zero-order chi connectivity index (χ0) is 21.9. The molecule has 1 saturated heterocycles. The lowest BCUT2D eigenvalue weighted by Gasteiger charge is -2.26. The van der Waals surface area contributed by atoms with Gasteiger partial charge in [0.25, 0.3) is 5.91 Å². The summed E-state index contributed by atoms with van der Waals surface area (Å²) in [4.78, 5) is 22.1. The second kappa shape index (κ2) is 9.09. The molecule has 3 rings (SSSR count). The molecule has 1 aromatic heterocycles. The first kappa shape index (κ1) is 22.2. The van der Waals surface area contributed by atoms with E-state index in [1.165, 1.54) is 12.3 Å². The van der Waals surface area contributed by atoms with Crippen LogP contribution in [0, 0.1) is 5.95 Å². The molecule has 30 heavy (non-hydrogen) atoms. The number of carbonyl (C=O) groups excluding carboxylic acids is 1. The van der Waals surface area contributed by atoms with Crippen LogP contribution in [-0.2, 0) is 9.84 Å². The number of aromatic nitrogens is 2. The van der Waals surface area contributed by atoms with E-state index in [1.807, 2.05) is 29.2 Å². The highest BCUT2D eigenvalue weighted by Crippen LogP contribution is 2.38. The van der Waals surface area contributed by atoms with Gasteiger partial charge in [-0.15, -0.1) is 0 Å². The Balaban J connectivity index is 1.77. The molecule has 0 bridgehead atoms. The lowest BCUT2D eigenvalue weighted by molar-refractivity contribution is 0.0936. The van der Waals surface area contributed by atoms with Crippen molar-refractivity contribution in [3.8, 4) is 0 Å². The van der Waals surface area contributed by atoms with Crippen LogP contribution in [0.3, 0.4) is 0 Å². The van der Waals surface area contributed by atoms with Crippen LogP contribution < -0.4 is 10.2 Å². The third-order valence-corrected chi connectivity index (χ3v) is 5.71. The highest BCUT2D eigenvalue weighted by Gasteiger charge is 2.30. The molecule has 0 saturated carbocycles. The first-order valence-electron chi connectivity index (χ1n) is 9.38. The second-order valence-electron chi connectivity index (χ2n) is 7.16. The van der Waals surface area contributed by atoms with Crippen LogP contribution in [0.25, 0.3) is 0 Å². The van der Waals surface area contributed by atoms with Crippen LogP contribution in [0.15, 0.2) is 41.9 Å². The molecule has 1 aliphatic heterocycles. The normalized spacial score (nSPS) is 18.0. The van der Waals surface area contributed by atoms with Crippen molar-refractivity contribution in [2.45, 2.75) is 31.8 Å². The smallest absolute Gasteiger partial charge is 0.275 e. The van der Waals surface area contributed by atoms with Gasteiger partial charge >= 0.3 is 0 Å². The summed E-state index contributed by atoms with van der Waals surface area (Å²) in [5, 5.41) is 4.09. The molecule has 1 amide bonds. The van der Waals surface area contributed by atoms with Crippen molar-refractivity contribution in [1.29, 1.82) is 0 Å². The lowest BCUT2D eigenvalue weighted by atomic mass is 10.0. The van der Waals surface area contributed by atoms with Crippen LogP contribution in [0.4, 0.5) is 10.2 Å². The molecule has 1 fully saturated rings. The minimum absolute atomic E-state index is 0.0479. The van der Waals surface area contributed by atoms with E-state index < -0.39 is 33.4 Å². The number of hydrogen-bond donors (Lipinski definition) is 1. The Hall–Kier alpha value is -2.52. The molecule has 0 aliphatic carbocycles. The molecule has 0 unspecified atom stereocenters. The summed E-state index contributed by atoms with van der Waals surface area (Å²) >= 11 is 6.32. The van der Waals surface area contributed by atoms with Crippen molar-refractivity contribution in [1.82, 2.24) is 15.3 Å².